The lowest BCUT2D eigenvalue weighted by atomic mass is 10.2. The van der Waals surface area contributed by atoms with Crippen molar-refractivity contribution in [3.63, 3.8) is 0 Å². The molecule has 1 atom stereocenters. The van der Waals surface area contributed by atoms with Gasteiger partial charge in [0.2, 0.25) is 5.89 Å². The molecule has 0 aliphatic carbocycles. The van der Waals surface area contributed by atoms with Crippen molar-refractivity contribution < 1.29 is 9.15 Å². The van der Waals surface area contributed by atoms with Gasteiger partial charge in [-0.25, -0.2) is 4.98 Å². The highest BCUT2D eigenvalue weighted by atomic mass is 16.5. The molecule has 0 radical (unpaired) electrons. The van der Waals surface area contributed by atoms with Gasteiger partial charge in [0.05, 0.1) is 26.0 Å². The van der Waals surface area contributed by atoms with Crippen LogP contribution in [0.15, 0.2) is 40.9 Å². The highest BCUT2D eigenvalue weighted by Crippen LogP contribution is 2.21. The number of hydrogen-bond acceptors (Lipinski definition) is 4. The number of nitrogens with zero attached hydrogens (tertiary/aromatic N) is 2. The van der Waals surface area contributed by atoms with Crippen LogP contribution in [0.2, 0.25) is 0 Å². The summed E-state index contributed by atoms with van der Waals surface area (Å²) in [6.07, 6.45) is 1.80. The first-order valence-corrected chi connectivity index (χ1v) is 6.65. The largest absolute Gasteiger partial charge is 0.439 e. The van der Waals surface area contributed by atoms with Crippen LogP contribution in [-0.2, 0) is 11.3 Å². The molecule has 0 unspecified atom stereocenters. The van der Waals surface area contributed by atoms with Crippen molar-refractivity contribution in [3.8, 4) is 11.3 Å². The molecule has 2 aromatic rings. The second-order valence-corrected chi connectivity index (χ2v) is 4.88. The summed E-state index contributed by atoms with van der Waals surface area (Å²) in [5.41, 5.74) is 1.07. The molecular weight excluding hydrogens is 240 g/mol. The maximum atomic E-state index is 5.83. The zero-order valence-electron chi connectivity index (χ0n) is 11.1. The second-order valence-electron chi connectivity index (χ2n) is 4.88. The van der Waals surface area contributed by atoms with E-state index in [0.717, 1.165) is 43.5 Å². The fraction of sp³-hybridized carbons (Fsp3) is 0.400. The Balaban J connectivity index is 1.71. The molecule has 1 fully saturated rings. The van der Waals surface area contributed by atoms with Gasteiger partial charge in [-0.3, -0.25) is 4.90 Å². The Morgan fingerprint density at radius 2 is 2.16 bits per heavy atom. The van der Waals surface area contributed by atoms with Crippen LogP contribution in [0, 0.1) is 0 Å². The number of benzene rings is 1. The van der Waals surface area contributed by atoms with Crippen molar-refractivity contribution in [1.82, 2.24) is 9.88 Å². The van der Waals surface area contributed by atoms with Gasteiger partial charge in [-0.2, -0.15) is 0 Å². The molecule has 1 aromatic carbocycles. The molecule has 0 N–H and O–H groups in total. The van der Waals surface area contributed by atoms with Gasteiger partial charge < -0.3 is 9.15 Å². The van der Waals surface area contributed by atoms with Crippen molar-refractivity contribution in [2.24, 2.45) is 0 Å². The average Bonchev–Trinajstić information content (AvgIpc) is 2.91. The van der Waals surface area contributed by atoms with Crippen LogP contribution in [0.4, 0.5) is 0 Å². The molecule has 1 saturated heterocycles. The van der Waals surface area contributed by atoms with Crippen molar-refractivity contribution in [3.05, 3.63) is 42.4 Å². The van der Waals surface area contributed by atoms with E-state index in [4.69, 9.17) is 9.15 Å². The maximum absolute atomic E-state index is 5.83. The van der Waals surface area contributed by atoms with Gasteiger partial charge in [-0.1, -0.05) is 30.3 Å². The van der Waals surface area contributed by atoms with Crippen molar-refractivity contribution >= 4 is 0 Å². The Morgan fingerprint density at radius 3 is 2.95 bits per heavy atom. The van der Waals surface area contributed by atoms with Crippen LogP contribution in [0.25, 0.3) is 11.3 Å². The smallest absolute Gasteiger partial charge is 0.209 e. The molecule has 0 amide bonds. The molecule has 3 rings (SSSR count). The molecule has 1 aliphatic rings. The summed E-state index contributed by atoms with van der Waals surface area (Å²) in [5.74, 6) is 1.60. The predicted octanol–water partition coefficient (Wildman–Crippen LogP) is 2.56. The Labute approximate surface area is 113 Å². The molecule has 4 nitrogen and oxygen atoms in total. The van der Waals surface area contributed by atoms with E-state index in [1.807, 2.05) is 30.3 Å². The van der Waals surface area contributed by atoms with Gasteiger partial charge in [0.15, 0.2) is 5.76 Å². The lowest BCUT2D eigenvalue weighted by molar-refractivity contribution is -0.00774. The van der Waals surface area contributed by atoms with E-state index in [1.165, 1.54) is 0 Å². The van der Waals surface area contributed by atoms with E-state index in [1.54, 1.807) is 6.20 Å². The summed E-state index contributed by atoms with van der Waals surface area (Å²) in [4.78, 5) is 6.71. The lowest BCUT2D eigenvalue weighted by Gasteiger charge is -2.31. The molecule has 4 heteroatoms. The Hall–Kier alpha value is -1.65. The van der Waals surface area contributed by atoms with Crippen LogP contribution in [0.3, 0.4) is 0 Å². The standard InChI is InChI=1S/C15H18N2O2/c1-12-11-18-8-7-17(12)10-15-16-9-14(19-15)13-5-3-2-4-6-13/h2-6,9,12H,7-8,10-11H2,1H3/t12-/m0/s1. The van der Waals surface area contributed by atoms with E-state index in [2.05, 4.69) is 16.8 Å². The molecule has 2 heterocycles. The minimum absolute atomic E-state index is 0.417. The third-order valence-electron chi connectivity index (χ3n) is 3.46. The minimum Gasteiger partial charge on any atom is -0.439 e. The predicted molar refractivity (Wildman–Crippen MR) is 72.6 cm³/mol. The fourth-order valence-electron chi connectivity index (χ4n) is 2.29. The molecule has 1 aliphatic heterocycles. The van der Waals surface area contributed by atoms with E-state index in [0.29, 0.717) is 6.04 Å². The van der Waals surface area contributed by atoms with Crippen molar-refractivity contribution in [2.45, 2.75) is 19.5 Å². The fourth-order valence-corrected chi connectivity index (χ4v) is 2.29. The van der Waals surface area contributed by atoms with Crippen LogP contribution < -0.4 is 0 Å². The second kappa shape index (κ2) is 5.55. The van der Waals surface area contributed by atoms with Gasteiger partial charge in [-0.15, -0.1) is 0 Å². The van der Waals surface area contributed by atoms with Gasteiger partial charge in [0, 0.05) is 18.2 Å². The number of ether oxygens (including phenoxy) is 1. The minimum atomic E-state index is 0.417. The summed E-state index contributed by atoms with van der Waals surface area (Å²) in [6, 6.07) is 10.5. The number of morpholine rings is 1. The Kier molecular flexibility index (Phi) is 3.62. The Morgan fingerprint density at radius 1 is 1.32 bits per heavy atom. The van der Waals surface area contributed by atoms with Crippen LogP contribution in [0.1, 0.15) is 12.8 Å². The Bertz CT molecular complexity index is 524. The first-order chi connectivity index (χ1) is 9.33. The van der Waals surface area contributed by atoms with Crippen LogP contribution in [0.5, 0.6) is 0 Å². The van der Waals surface area contributed by atoms with Crippen LogP contribution >= 0.6 is 0 Å². The molecule has 0 saturated carbocycles. The summed E-state index contributed by atoms with van der Waals surface area (Å²) >= 11 is 0. The number of hydrogen-bond donors (Lipinski definition) is 0. The number of oxazole rings is 1. The van der Waals surface area contributed by atoms with Gasteiger partial charge in [0.1, 0.15) is 0 Å². The van der Waals surface area contributed by atoms with E-state index in [9.17, 15) is 0 Å². The monoisotopic (exact) mass is 258 g/mol. The van der Waals surface area contributed by atoms with Crippen molar-refractivity contribution in [1.29, 1.82) is 0 Å². The highest BCUT2D eigenvalue weighted by Gasteiger charge is 2.20. The first-order valence-electron chi connectivity index (χ1n) is 6.65. The average molecular weight is 258 g/mol. The molecular formula is C15H18N2O2. The van der Waals surface area contributed by atoms with E-state index >= 15 is 0 Å². The number of rotatable bonds is 3. The zero-order chi connectivity index (χ0) is 13.1. The van der Waals surface area contributed by atoms with Crippen molar-refractivity contribution in [2.75, 3.05) is 19.8 Å². The first kappa shape index (κ1) is 12.4. The molecule has 1 aromatic heterocycles. The SMILES string of the molecule is C[C@H]1COCCN1Cc1ncc(-c2ccccc2)o1. The highest BCUT2D eigenvalue weighted by molar-refractivity contribution is 5.55. The third kappa shape index (κ3) is 2.85. The molecule has 19 heavy (non-hydrogen) atoms. The maximum Gasteiger partial charge on any atom is 0.209 e. The summed E-state index contributed by atoms with van der Waals surface area (Å²) < 4.78 is 11.3. The third-order valence-corrected chi connectivity index (χ3v) is 3.46. The molecule has 0 spiro atoms. The van der Waals surface area contributed by atoms with Gasteiger partial charge in [-0.05, 0) is 6.92 Å². The molecule has 0 bridgehead atoms. The van der Waals surface area contributed by atoms with Gasteiger partial charge in [0.25, 0.3) is 0 Å². The quantitative estimate of drug-likeness (QED) is 0.848. The zero-order valence-corrected chi connectivity index (χ0v) is 11.1. The lowest BCUT2D eigenvalue weighted by Crippen LogP contribution is -2.42. The normalized spacial score (nSPS) is 20.6. The topological polar surface area (TPSA) is 38.5 Å². The summed E-state index contributed by atoms with van der Waals surface area (Å²) in [5, 5.41) is 0. The summed E-state index contributed by atoms with van der Waals surface area (Å²) in [6.45, 7) is 5.42. The van der Waals surface area contributed by atoms with E-state index in [-0.39, 0.29) is 0 Å². The molecule has 100 valence electrons. The van der Waals surface area contributed by atoms with Gasteiger partial charge >= 0.3 is 0 Å². The van der Waals surface area contributed by atoms with Crippen LogP contribution in [-0.4, -0.2) is 35.7 Å². The number of aromatic nitrogens is 1. The van der Waals surface area contributed by atoms with E-state index < -0.39 is 0 Å². The summed E-state index contributed by atoms with van der Waals surface area (Å²) in [7, 11) is 0.